The van der Waals surface area contributed by atoms with Crippen molar-refractivity contribution in [1.29, 1.82) is 0 Å². The molecule has 27 heavy (non-hydrogen) atoms. The number of hydrogen-bond acceptors (Lipinski definition) is 6. The van der Waals surface area contributed by atoms with Gasteiger partial charge in [-0.2, -0.15) is 0 Å². The third kappa shape index (κ3) is 3.39. The number of fused-ring (bicyclic) bond motifs is 3. The van der Waals surface area contributed by atoms with Gasteiger partial charge in [0.1, 0.15) is 10.6 Å². The molecule has 3 aromatic heterocycles. The van der Waals surface area contributed by atoms with Crippen molar-refractivity contribution in [2.75, 3.05) is 25.5 Å². The van der Waals surface area contributed by atoms with E-state index in [0.717, 1.165) is 34.4 Å². The molecule has 1 aliphatic rings. The van der Waals surface area contributed by atoms with Crippen LogP contribution in [0.3, 0.4) is 0 Å². The number of hydrogen-bond donors (Lipinski definition) is 1. The highest BCUT2D eigenvalue weighted by molar-refractivity contribution is 7.19. The molecular formula is C20H23N5OS. The van der Waals surface area contributed by atoms with Crippen LogP contribution in [-0.4, -0.2) is 41.5 Å². The second-order valence-corrected chi connectivity index (χ2v) is 8.26. The molecule has 1 atom stereocenters. The number of nitrogens with zero attached hydrogens (tertiary/aromatic N) is 4. The number of carbonyl (C=O) groups excluding carboxylic acids is 1. The molecule has 0 fully saturated rings. The fraction of sp³-hybridized carbons (Fsp3) is 0.400. The van der Waals surface area contributed by atoms with E-state index in [9.17, 15) is 4.79 Å². The van der Waals surface area contributed by atoms with Gasteiger partial charge in [0.05, 0.1) is 11.9 Å². The van der Waals surface area contributed by atoms with Gasteiger partial charge in [0.25, 0.3) is 0 Å². The number of amides is 1. The lowest BCUT2D eigenvalue weighted by Crippen LogP contribution is -2.33. The molecule has 1 N–H and O–H groups in total. The van der Waals surface area contributed by atoms with E-state index in [1.165, 1.54) is 16.9 Å². The van der Waals surface area contributed by atoms with Crippen molar-refractivity contribution in [2.24, 2.45) is 5.92 Å². The molecule has 1 amide bonds. The Bertz CT molecular complexity index is 985. The van der Waals surface area contributed by atoms with Crippen molar-refractivity contribution in [1.82, 2.24) is 20.3 Å². The zero-order valence-corrected chi connectivity index (χ0v) is 16.6. The van der Waals surface area contributed by atoms with Gasteiger partial charge in [-0.15, -0.1) is 11.3 Å². The zero-order valence-electron chi connectivity index (χ0n) is 15.8. The van der Waals surface area contributed by atoms with Gasteiger partial charge in [-0.05, 0) is 42.9 Å². The fourth-order valence-electron chi connectivity index (χ4n) is 3.59. The van der Waals surface area contributed by atoms with E-state index >= 15 is 0 Å². The fourth-order valence-corrected chi connectivity index (χ4v) is 4.97. The predicted molar refractivity (Wildman–Crippen MR) is 109 cm³/mol. The molecule has 0 aliphatic heterocycles. The van der Waals surface area contributed by atoms with Crippen LogP contribution in [0.5, 0.6) is 0 Å². The van der Waals surface area contributed by atoms with Gasteiger partial charge in [-0.25, -0.2) is 9.97 Å². The van der Waals surface area contributed by atoms with E-state index in [0.29, 0.717) is 11.7 Å². The Morgan fingerprint density at radius 3 is 3.00 bits per heavy atom. The molecule has 3 heterocycles. The first-order chi connectivity index (χ1) is 13.1. The van der Waals surface area contributed by atoms with E-state index in [4.69, 9.17) is 9.97 Å². The summed E-state index contributed by atoms with van der Waals surface area (Å²) in [5.74, 6) is 2.14. The maximum absolute atomic E-state index is 12.0. The number of thiophene rings is 1. The highest BCUT2D eigenvalue weighted by atomic mass is 32.1. The Kier molecular flexibility index (Phi) is 4.78. The SMILES string of the molecule is CNC(=O)CN(C)c1nc(-c2cccnc2)nc2sc3c(c12)CC[C@H](C)C3. The number of aryl methyl sites for hydroxylation is 1. The summed E-state index contributed by atoms with van der Waals surface area (Å²) in [7, 11) is 3.57. The molecule has 6 nitrogen and oxygen atoms in total. The van der Waals surface area contributed by atoms with Gasteiger partial charge in [0, 0.05) is 36.9 Å². The number of carbonyl (C=O) groups is 1. The number of aromatic nitrogens is 3. The first-order valence-corrected chi connectivity index (χ1v) is 10.0. The van der Waals surface area contributed by atoms with Crippen LogP contribution in [0.1, 0.15) is 23.8 Å². The van der Waals surface area contributed by atoms with Crippen LogP contribution in [0.15, 0.2) is 24.5 Å². The van der Waals surface area contributed by atoms with E-state index in [1.807, 2.05) is 24.1 Å². The molecular weight excluding hydrogens is 358 g/mol. The minimum Gasteiger partial charge on any atom is -0.358 e. The van der Waals surface area contributed by atoms with E-state index in [-0.39, 0.29) is 12.5 Å². The molecule has 0 saturated carbocycles. The van der Waals surface area contributed by atoms with Gasteiger partial charge < -0.3 is 10.2 Å². The Balaban J connectivity index is 1.90. The molecule has 0 aromatic carbocycles. The van der Waals surface area contributed by atoms with Crippen molar-refractivity contribution in [2.45, 2.75) is 26.2 Å². The minimum absolute atomic E-state index is 0.0371. The van der Waals surface area contributed by atoms with Crippen molar-refractivity contribution in [3.8, 4) is 11.4 Å². The highest BCUT2D eigenvalue weighted by Gasteiger charge is 2.25. The maximum Gasteiger partial charge on any atom is 0.239 e. The predicted octanol–water partition coefficient (Wildman–Crippen LogP) is 3.06. The van der Waals surface area contributed by atoms with E-state index < -0.39 is 0 Å². The van der Waals surface area contributed by atoms with Crippen LogP contribution in [0.2, 0.25) is 0 Å². The third-order valence-electron chi connectivity index (χ3n) is 5.08. The summed E-state index contributed by atoms with van der Waals surface area (Å²) in [5.41, 5.74) is 2.25. The number of pyridine rings is 1. The molecule has 0 unspecified atom stereocenters. The molecule has 0 saturated heterocycles. The van der Waals surface area contributed by atoms with Gasteiger partial charge in [0.15, 0.2) is 5.82 Å². The van der Waals surface area contributed by atoms with Gasteiger partial charge in [-0.3, -0.25) is 9.78 Å². The average Bonchev–Trinajstić information content (AvgIpc) is 3.04. The molecule has 3 aromatic rings. The highest BCUT2D eigenvalue weighted by Crippen LogP contribution is 2.41. The van der Waals surface area contributed by atoms with Gasteiger partial charge >= 0.3 is 0 Å². The lowest BCUT2D eigenvalue weighted by molar-refractivity contribution is -0.119. The standard InChI is InChI=1S/C20H23N5OS/c1-12-6-7-14-15(9-12)27-20-17(14)19(25(3)11-16(26)21-2)23-18(24-20)13-5-4-8-22-10-13/h4-5,8,10,12H,6-7,9,11H2,1-3H3,(H,21,26)/t12-/m0/s1. The zero-order chi connectivity index (χ0) is 19.0. The summed E-state index contributed by atoms with van der Waals surface area (Å²) in [6.07, 6.45) is 6.84. The number of nitrogens with one attached hydrogen (secondary N) is 1. The Morgan fingerprint density at radius 2 is 2.26 bits per heavy atom. The summed E-state index contributed by atoms with van der Waals surface area (Å²) in [6.45, 7) is 2.56. The molecule has 0 spiro atoms. The third-order valence-corrected chi connectivity index (χ3v) is 6.23. The molecule has 0 bridgehead atoms. The number of anilines is 1. The lowest BCUT2D eigenvalue weighted by atomic mass is 9.89. The van der Waals surface area contributed by atoms with Crippen molar-refractivity contribution >= 4 is 33.3 Å². The average molecular weight is 382 g/mol. The van der Waals surface area contributed by atoms with Crippen LogP contribution in [0.25, 0.3) is 21.6 Å². The summed E-state index contributed by atoms with van der Waals surface area (Å²) in [5, 5.41) is 3.80. The molecule has 0 radical (unpaired) electrons. The molecule has 140 valence electrons. The molecule has 7 heteroatoms. The second-order valence-electron chi connectivity index (χ2n) is 7.17. The monoisotopic (exact) mass is 381 g/mol. The Labute approximate surface area is 162 Å². The van der Waals surface area contributed by atoms with Crippen LogP contribution < -0.4 is 10.2 Å². The van der Waals surface area contributed by atoms with Crippen LogP contribution in [0.4, 0.5) is 5.82 Å². The van der Waals surface area contributed by atoms with E-state index in [2.05, 4.69) is 17.2 Å². The molecule has 1 aliphatic carbocycles. The smallest absolute Gasteiger partial charge is 0.239 e. The first kappa shape index (κ1) is 17.9. The first-order valence-electron chi connectivity index (χ1n) is 9.21. The quantitative estimate of drug-likeness (QED) is 0.752. The van der Waals surface area contributed by atoms with Crippen molar-refractivity contribution in [3.05, 3.63) is 35.0 Å². The van der Waals surface area contributed by atoms with Crippen molar-refractivity contribution in [3.63, 3.8) is 0 Å². The summed E-state index contributed by atoms with van der Waals surface area (Å²) in [4.78, 5) is 30.2. The maximum atomic E-state index is 12.0. The normalized spacial score (nSPS) is 16.2. The number of rotatable bonds is 4. The Morgan fingerprint density at radius 1 is 1.41 bits per heavy atom. The summed E-state index contributed by atoms with van der Waals surface area (Å²) in [6, 6.07) is 3.85. The number of likely N-dealkylation sites (N-methyl/N-ethyl adjacent to an activating group) is 2. The minimum atomic E-state index is -0.0371. The Hall–Kier alpha value is -2.54. The van der Waals surface area contributed by atoms with Gasteiger partial charge in [0.2, 0.25) is 5.91 Å². The lowest BCUT2D eigenvalue weighted by Gasteiger charge is -2.21. The van der Waals surface area contributed by atoms with Crippen molar-refractivity contribution < 1.29 is 4.79 Å². The second kappa shape index (κ2) is 7.23. The topological polar surface area (TPSA) is 71.0 Å². The van der Waals surface area contributed by atoms with E-state index in [1.54, 1.807) is 30.8 Å². The van der Waals surface area contributed by atoms with Crippen LogP contribution >= 0.6 is 11.3 Å². The van der Waals surface area contributed by atoms with Gasteiger partial charge in [-0.1, -0.05) is 6.92 Å². The van der Waals surface area contributed by atoms with Crippen LogP contribution in [0, 0.1) is 5.92 Å². The largest absolute Gasteiger partial charge is 0.358 e. The summed E-state index contributed by atoms with van der Waals surface area (Å²) < 4.78 is 0. The van der Waals surface area contributed by atoms with Crippen LogP contribution in [-0.2, 0) is 17.6 Å². The summed E-state index contributed by atoms with van der Waals surface area (Å²) >= 11 is 1.77. The molecule has 4 rings (SSSR count).